The molecule has 0 amide bonds. The van der Waals surface area contributed by atoms with Gasteiger partial charge in [0.2, 0.25) is 10.0 Å². The highest BCUT2D eigenvalue weighted by molar-refractivity contribution is 7.92. The molecule has 0 aromatic heterocycles. The third-order valence-corrected chi connectivity index (χ3v) is 3.39. The molecule has 2 N–H and O–H groups in total. The zero-order valence-electron chi connectivity index (χ0n) is 9.80. The standard InChI is InChI=1S/C12H15NO4S/c1-2-8-18(16,17)13-11-5-3-4-10(9-11)6-7-12(14)15/h2-5,9,13H,1,6-8H2,(H,14,15). The van der Waals surface area contributed by atoms with E-state index in [-0.39, 0.29) is 12.2 Å². The predicted octanol–water partition coefficient (Wildman–Crippen LogP) is 1.63. The van der Waals surface area contributed by atoms with Gasteiger partial charge in [0.15, 0.2) is 0 Å². The summed E-state index contributed by atoms with van der Waals surface area (Å²) in [6, 6.07) is 6.69. The molecule has 0 aliphatic heterocycles. The average molecular weight is 269 g/mol. The second kappa shape index (κ2) is 6.20. The SMILES string of the molecule is C=CCS(=O)(=O)Nc1cccc(CCC(=O)O)c1. The van der Waals surface area contributed by atoms with Crippen LogP contribution in [0.1, 0.15) is 12.0 Å². The van der Waals surface area contributed by atoms with Crippen LogP contribution in [0, 0.1) is 0 Å². The van der Waals surface area contributed by atoms with Gasteiger partial charge in [-0.1, -0.05) is 18.2 Å². The summed E-state index contributed by atoms with van der Waals surface area (Å²) in [5.74, 6) is -1.04. The van der Waals surface area contributed by atoms with Crippen LogP contribution in [-0.4, -0.2) is 25.2 Å². The van der Waals surface area contributed by atoms with Crippen molar-refractivity contribution < 1.29 is 18.3 Å². The second-order valence-corrected chi connectivity index (χ2v) is 5.53. The molecule has 0 fully saturated rings. The highest BCUT2D eigenvalue weighted by Crippen LogP contribution is 2.14. The molecule has 0 aliphatic carbocycles. The van der Waals surface area contributed by atoms with E-state index < -0.39 is 16.0 Å². The van der Waals surface area contributed by atoms with E-state index in [2.05, 4.69) is 11.3 Å². The molecule has 0 unspecified atom stereocenters. The molecule has 5 nitrogen and oxygen atoms in total. The minimum Gasteiger partial charge on any atom is -0.481 e. The first-order valence-electron chi connectivity index (χ1n) is 5.35. The van der Waals surface area contributed by atoms with Crippen molar-refractivity contribution >= 4 is 21.7 Å². The van der Waals surface area contributed by atoms with Gasteiger partial charge in [0.25, 0.3) is 0 Å². The Hall–Kier alpha value is -1.82. The second-order valence-electron chi connectivity index (χ2n) is 3.77. The number of carbonyl (C=O) groups is 1. The number of aliphatic carboxylic acids is 1. The number of carboxylic acid groups (broad SMARTS) is 1. The lowest BCUT2D eigenvalue weighted by Gasteiger charge is -2.07. The fourth-order valence-electron chi connectivity index (χ4n) is 1.42. The van der Waals surface area contributed by atoms with E-state index in [1.165, 1.54) is 6.08 Å². The molecule has 0 saturated carbocycles. The van der Waals surface area contributed by atoms with Crippen molar-refractivity contribution in [2.45, 2.75) is 12.8 Å². The van der Waals surface area contributed by atoms with Crippen LogP contribution in [0.5, 0.6) is 0 Å². The first-order valence-corrected chi connectivity index (χ1v) is 7.00. The summed E-state index contributed by atoms with van der Waals surface area (Å²) in [5.41, 5.74) is 1.20. The molecule has 0 saturated heterocycles. The van der Waals surface area contributed by atoms with E-state index in [9.17, 15) is 13.2 Å². The van der Waals surface area contributed by atoms with Crippen LogP contribution in [0.4, 0.5) is 5.69 Å². The van der Waals surface area contributed by atoms with Crippen LogP contribution in [0.25, 0.3) is 0 Å². The molecule has 0 radical (unpaired) electrons. The quantitative estimate of drug-likeness (QED) is 0.737. The van der Waals surface area contributed by atoms with Gasteiger partial charge in [0.1, 0.15) is 0 Å². The van der Waals surface area contributed by atoms with Crippen LogP contribution < -0.4 is 4.72 Å². The Morgan fingerprint density at radius 1 is 1.44 bits per heavy atom. The van der Waals surface area contributed by atoms with Crippen molar-refractivity contribution in [2.24, 2.45) is 0 Å². The maximum absolute atomic E-state index is 11.5. The fraction of sp³-hybridized carbons (Fsp3) is 0.250. The van der Waals surface area contributed by atoms with Crippen molar-refractivity contribution in [3.05, 3.63) is 42.5 Å². The van der Waals surface area contributed by atoms with Crippen molar-refractivity contribution in [3.63, 3.8) is 0 Å². The molecule has 1 aromatic carbocycles. The summed E-state index contributed by atoms with van der Waals surface area (Å²) >= 11 is 0. The number of hydrogen-bond acceptors (Lipinski definition) is 3. The van der Waals surface area contributed by atoms with Crippen molar-refractivity contribution in [1.29, 1.82) is 0 Å². The van der Waals surface area contributed by atoms with Gasteiger partial charge < -0.3 is 5.11 Å². The van der Waals surface area contributed by atoms with Crippen LogP contribution >= 0.6 is 0 Å². The maximum Gasteiger partial charge on any atom is 0.303 e. The van der Waals surface area contributed by atoms with Crippen LogP contribution in [0.3, 0.4) is 0 Å². The van der Waals surface area contributed by atoms with Gasteiger partial charge in [0.05, 0.1) is 5.75 Å². The van der Waals surface area contributed by atoms with Gasteiger partial charge in [-0.3, -0.25) is 9.52 Å². The Balaban J connectivity index is 2.76. The highest BCUT2D eigenvalue weighted by atomic mass is 32.2. The smallest absolute Gasteiger partial charge is 0.303 e. The molecule has 0 heterocycles. The summed E-state index contributed by atoms with van der Waals surface area (Å²) in [7, 11) is -3.42. The topological polar surface area (TPSA) is 83.5 Å². The third-order valence-electron chi connectivity index (χ3n) is 2.17. The summed E-state index contributed by atoms with van der Waals surface area (Å²) in [6.45, 7) is 3.37. The molecular formula is C12H15NO4S. The average Bonchev–Trinajstić information content (AvgIpc) is 2.26. The van der Waals surface area contributed by atoms with Gasteiger partial charge in [-0.25, -0.2) is 8.42 Å². The fourth-order valence-corrected chi connectivity index (χ4v) is 2.30. The van der Waals surface area contributed by atoms with E-state index in [1.54, 1.807) is 24.3 Å². The lowest BCUT2D eigenvalue weighted by molar-refractivity contribution is -0.136. The van der Waals surface area contributed by atoms with E-state index in [0.717, 1.165) is 5.56 Å². The summed E-state index contributed by atoms with van der Waals surface area (Å²) < 4.78 is 25.4. The number of carboxylic acids is 1. The Bertz CT molecular complexity index is 537. The highest BCUT2D eigenvalue weighted by Gasteiger charge is 2.08. The van der Waals surface area contributed by atoms with Crippen molar-refractivity contribution in [3.8, 4) is 0 Å². The molecule has 0 spiro atoms. The molecule has 98 valence electrons. The maximum atomic E-state index is 11.5. The molecule has 6 heteroatoms. The Labute approximate surface area is 106 Å². The number of benzene rings is 1. The molecule has 0 aliphatic rings. The number of nitrogens with one attached hydrogen (secondary N) is 1. The number of hydrogen-bond donors (Lipinski definition) is 2. The number of rotatable bonds is 7. The van der Waals surface area contributed by atoms with Gasteiger partial charge in [0, 0.05) is 12.1 Å². The predicted molar refractivity (Wildman–Crippen MR) is 70.0 cm³/mol. The number of sulfonamides is 1. The summed E-state index contributed by atoms with van der Waals surface area (Å²) in [4.78, 5) is 10.4. The Morgan fingerprint density at radius 3 is 2.78 bits per heavy atom. The van der Waals surface area contributed by atoms with Crippen LogP contribution in [-0.2, 0) is 21.2 Å². The molecule has 1 rings (SSSR count). The zero-order chi connectivity index (χ0) is 13.6. The monoisotopic (exact) mass is 269 g/mol. The van der Waals surface area contributed by atoms with Gasteiger partial charge in [-0.2, -0.15) is 0 Å². The number of aryl methyl sites for hydroxylation is 1. The van der Waals surface area contributed by atoms with Crippen molar-refractivity contribution in [2.75, 3.05) is 10.5 Å². The van der Waals surface area contributed by atoms with E-state index in [1.807, 2.05) is 0 Å². The Kier molecular flexibility index (Phi) is 4.91. The van der Waals surface area contributed by atoms with E-state index in [0.29, 0.717) is 12.1 Å². The van der Waals surface area contributed by atoms with Crippen molar-refractivity contribution in [1.82, 2.24) is 0 Å². The van der Waals surface area contributed by atoms with E-state index in [4.69, 9.17) is 5.11 Å². The minimum atomic E-state index is -3.42. The molecule has 18 heavy (non-hydrogen) atoms. The van der Waals surface area contributed by atoms with Crippen LogP contribution in [0.2, 0.25) is 0 Å². The van der Waals surface area contributed by atoms with Gasteiger partial charge >= 0.3 is 5.97 Å². The Morgan fingerprint density at radius 2 is 2.17 bits per heavy atom. The molecule has 0 atom stereocenters. The first-order chi connectivity index (χ1) is 8.43. The third kappa shape index (κ3) is 5.01. The molecule has 1 aromatic rings. The largest absolute Gasteiger partial charge is 0.481 e. The summed E-state index contributed by atoms with van der Waals surface area (Å²) in [6.07, 6.45) is 1.69. The zero-order valence-corrected chi connectivity index (χ0v) is 10.6. The summed E-state index contributed by atoms with van der Waals surface area (Å²) in [5, 5.41) is 8.58. The first kappa shape index (κ1) is 14.2. The number of anilines is 1. The van der Waals surface area contributed by atoms with Crippen LogP contribution in [0.15, 0.2) is 36.9 Å². The molecule has 0 bridgehead atoms. The lowest BCUT2D eigenvalue weighted by atomic mass is 10.1. The normalized spacial score (nSPS) is 10.9. The molecular weight excluding hydrogens is 254 g/mol. The lowest BCUT2D eigenvalue weighted by Crippen LogP contribution is -2.15. The minimum absolute atomic E-state index is 0.0167. The van der Waals surface area contributed by atoms with Gasteiger partial charge in [-0.15, -0.1) is 6.58 Å². The van der Waals surface area contributed by atoms with Gasteiger partial charge in [-0.05, 0) is 24.1 Å². The van der Waals surface area contributed by atoms with E-state index >= 15 is 0 Å².